The molecule has 0 unspecified atom stereocenters. The number of hydrogen-bond acceptors (Lipinski definition) is 6. The van der Waals surface area contributed by atoms with Crippen LogP contribution in [0.15, 0.2) is 53.4 Å². The maximum Gasteiger partial charge on any atom is 0.573 e. The predicted octanol–water partition coefficient (Wildman–Crippen LogP) is 2.17. The van der Waals surface area contributed by atoms with Crippen LogP contribution in [0.2, 0.25) is 0 Å². The summed E-state index contributed by atoms with van der Waals surface area (Å²) >= 11 is 0. The average molecular weight is 530 g/mol. The van der Waals surface area contributed by atoms with Gasteiger partial charge in [-0.05, 0) is 42.3 Å². The molecule has 0 aliphatic carbocycles. The van der Waals surface area contributed by atoms with Crippen molar-refractivity contribution in [1.82, 2.24) is 14.5 Å². The first-order chi connectivity index (χ1) is 16.9. The SMILES string of the molecule is COc1ccccc1CCNC(=O)[C@H]1CN(C(C)=O)CCN1S(=O)(=O)c1ccc(OC(F)(F)F)cc1. The van der Waals surface area contributed by atoms with Gasteiger partial charge < -0.3 is 19.7 Å². The number of carbonyl (C=O) groups excluding carboxylic acids is 2. The molecular formula is C23H26F3N3O6S. The van der Waals surface area contributed by atoms with Crippen LogP contribution in [-0.2, 0) is 26.0 Å². The number of alkyl halides is 3. The van der Waals surface area contributed by atoms with Crippen molar-refractivity contribution in [3.63, 3.8) is 0 Å². The maximum atomic E-state index is 13.3. The Morgan fingerprint density at radius 2 is 1.75 bits per heavy atom. The first kappa shape index (κ1) is 27.3. The van der Waals surface area contributed by atoms with Crippen LogP contribution >= 0.6 is 0 Å². The molecule has 13 heteroatoms. The van der Waals surface area contributed by atoms with Gasteiger partial charge in [-0.2, -0.15) is 4.31 Å². The molecule has 3 rings (SSSR count). The number of ether oxygens (including phenoxy) is 2. The molecule has 9 nitrogen and oxygen atoms in total. The molecule has 1 N–H and O–H groups in total. The van der Waals surface area contributed by atoms with E-state index in [9.17, 15) is 31.2 Å². The zero-order chi connectivity index (χ0) is 26.5. The number of sulfonamides is 1. The van der Waals surface area contributed by atoms with E-state index in [1.165, 1.54) is 18.9 Å². The highest BCUT2D eigenvalue weighted by Gasteiger charge is 2.41. The minimum atomic E-state index is -4.92. The van der Waals surface area contributed by atoms with Crippen LogP contribution < -0.4 is 14.8 Å². The zero-order valence-electron chi connectivity index (χ0n) is 19.6. The molecule has 1 aliphatic rings. The van der Waals surface area contributed by atoms with Gasteiger partial charge in [-0.3, -0.25) is 9.59 Å². The minimum Gasteiger partial charge on any atom is -0.496 e. The van der Waals surface area contributed by atoms with Gasteiger partial charge in [0.1, 0.15) is 17.5 Å². The Bertz CT molecular complexity index is 1190. The van der Waals surface area contributed by atoms with Crippen LogP contribution in [0, 0.1) is 0 Å². The number of piperazine rings is 1. The second-order valence-corrected chi connectivity index (χ2v) is 9.86. The molecule has 0 aromatic heterocycles. The second kappa shape index (κ2) is 11.2. The standard InChI is InChI=1S/C23H26F3N3O6S/c1-16(30)28-13-14-29(36(32,33)19-9-7-18(8-10-19)35-23(24,25)26)20(15-28)22(31)27-12-11-17-5-3-4-6-21(17)34-2/h3-10,20H,11-15H2,1-2H3,(H,27,31)/t20-/m1/s1. The number of nitrogens with zero attached hydrogens (tertiary/aromatic N) is 2. The average Bonchev–Trinajstić information content (AvgIpc) is 2.83. The van der Waals surface area contributed by atoms with E-state index in [-0.39, 0.29) is 37.0 Å². The number of halogens is 3. The van der Waals surface area contributed by atoms with Gasteiger partial charge in [0.25, 0.3) is 0 Å². The fourth-order valence-corrected chi connectivity index (χ4v) is 5.42. The van der Waals surface area contributed by atoms with Gasteiger partial charge in [0.15, 0.2) is 0 Å². The number of methoxy groups -OCH3 is 1. The first-order valence-corrected chi connectivity index (χ1v) is 12.4. The van der Waals surface area contributed by atoms with E-state index in [1.807, 2.05) is 18.2 Å². The molecular weight excluding hydrogens is 503 g/mol. The molecule has 36 heavy (non-hydrogen) atoms. The van der Waals surface area contributed by atoms with Crippen LogP contribution in [0.5, 0.6) is 11.5 Å². The summed E-state index contributed by atoms with van der Waals surface area (Å²) in [5, 5.41) is 2.72. The summed E-state index contributed by atoms with van der Waals surface area (Å²) in [5.74, 6) is -0.841. The van der Waals surface area contributed by atoms with E-state index in [0.29, 0.717) is 12.2 Å². The summed E-state index contributed by atoms with van der Waals surface area (Å²) in [4.78, 5) is 26.1. The van der Waals surface area contributed by atoms with Crippen molar-refractivity contribution in [2.45, 2.75) is 30.6 Å². The van der Waals surface area contributed by atoms with E-state index < -0.39 is 34.1 Å². The lowest BCUT2D eigenvalue weighted by atomic mass is 10.1. The predicted molar refractivity (Wildman–Crippen MR) is 123 cm³/mol. The fourth-order valence-electron chi connectivity index (χ4n) is 3.85. The zero-order valence-corrected chi connectivity index (χ0v) is 20.4. The van der Waals surface area contributed by atoms with Gasteiger partial charge in [-0.25, -0.2) is 8.42 Å². The van der Waals surface area contributed by atoms with Crippen LogP contribution in [0.25, 0.3) is 0 Å². The van der Waals surface area contributed by atoms with Gasteiger partial charge in [0.2, 0.25) is 21.8 Å². The van der Waals surface area contributed by atoms with E-state index in [4.69, 9.17) is 4.74 Å². The molecule has 1 atom stereocenters. The van der Waals surface area contributed by atoms with Gasteiger partial charge >= 0.3 is 6.36 Å². The Labute approximate surface area is 206 Å². The van der Waals surface area contributed by atoms with Crippen molar-refractivity contribution < 1.29 is 40.7 Å². The Morgan fingerprint density at radius 1 is 1.08 bits per heavy atom. The molecule has 196 valence electrons. The maximum absolute atomic E-state index is 13.3. The van der Waals surface area contributed by atoms with Crippen molar-refractivity contribution in [3.05, 3.63) is 54.1 Å². The Kier molecular flexibility index (Phi) is 8.46. The van der Waals surface area contributed by atoms with Crippen molar-refractivity contribution in [3.8, 4) is 11.5 Å². The number of para-hydroxylation sites is 1. The fraction of sp³-hybridized carbons (Fsp3) is 0.391. The number of amides is 2. The third kappa shape index (κ3) is 6.66. The highest BCUT2D eigenvalue weighted by atomic mass is 32.2. The Balaban J connectivity index is 1.77. The third-order valence-electron chi connectivity index (χ3n) is 5.63. The monoisotopic (exact) mass is 529 g/mol. The smallest absolute Gasteiger partial charge is 0.496 e. The summed E-state index contributed by atoms with van der Waals surface area (Å²) in [6.45, 7) is 1.25. The van der Waals surface area contributed by atoms with Crippen LogP contribution in [0.1, 0.15) is 12.5 Å². The lowest BCUT2D eigenvalue weighted by Crippen LogP contribution is -2.61. The Morgan fingerprint density at radius 3 is 2.36 bits per heavy atom. The van der Waals surface area contributed by atoms with Crippen molar-refractivity contribution >= 4 is 21.8 Å². The molecule has 1 fully saturated rings. The molecule has 0 radical (unpaired) electrons. The molecule has 2 aromatic rings. The van der Waals surface area contributed by atoms with Gasteiger partial charge in [0, 0.05) is 33.1 Å². The van der Waals surface area contributed by atoms with Crippen LogP contribution in [0.4, 0.5) is 13.2 Å². The van der Waals surface area contributed by atoms with E-state index >= 15 is 0 Å². The highest BCUT2D eigenvalue weighted by Crippen LogP contribution is 2.27. The van der Waals surface area contributed by atoms with Crippen LogP contribution in [-0.4, -0.2) is 75.1 Å². The lowest BCUT2D eigenvalue weighted by Gasteiger charge is -2.39. The number of nitrogens with one attached hydrogen (secondary N) is 1. The molecule has 0 saturated carbocycles. The molecule has 1 heterocycles. The molecule has 2 aromatic carbocycles. The van der Waals surface area contributed by atoms with E-state index in [1.54, 1.807) is 6.07 Å². The molecule has 0 bridgehead atoms. The molecule has 1 aliphatic heterocycles. The normalized spacial score (nSPS) is 16.9. The largest absolute Gasteiger partial charge is 0.573 e. The third-order valence-corrected chi connectivity index (χ3v) is 7.55. The highest BCUT2D eigenvalue weighted by molar-refractivity contribution is 7.89. The van der Waals surface area contributed by atoms with Crippen molar-refractivity contribution in [2.75, 3.05) is 33.3 Å². The van der Waals surface area contributed by atoms with Crippen molar-refractivity contribution in [2.24, 2.45) is 0 Å². The van der Waals surface area contributed by atoms with Crippen molar-refractivity contribution in [1.29, 1.82) is 0 Å². The number of rotatable bonds is 8. The summed E-state index contributed by atoms with van der Waals surface area (Å²) < 4.78 is 74.0. The number of hydrogen-bond donors (Lipinski definition) is 1. The topological polar surface area (TPSA) is 105 Å². The Hall–Kier alpha value is -3.32. The van der Waals surface area contributed by atoms with E-state index in [0.717, 1.165) is 34.1 Å². The minimum absolute atomic E-state index is 0.0643. The quantitative estimate of drug-likeness (QED) is 0.562. The second-order valence-electron chi connectivity index (χ2n) is 7.97. The van der Waals surface area contributed by atoms with Crippen LogP contribution in [0.3, 0.4) is 0 Å². The molecule has 0 spiro atoms. The molecule has 1 saturated heterocycles. The lowest BCUT2D eigenvalue weighted by molar-refractivity contribution is -0.274. The number of carbonyl (C=O) groups is 2. The van der Waals surface area contributed by atoms with Gasteiger partial charge in [-0.15, -0.1) is 13.2 Å². The summed E-state index contributed by atoms with van der Waals surface area (Å²) in [7, 11) is -2.75. The summed E-state index contributed by atoms with van der Waals surface area (Å²) in [6, 6.07) is 9.75. The summed E-state index contributed by atoms with van der Waals surface area (Å²) in [6.07, 6.45) is -4.50. The first-order valence-electron chi connectivity index (χ1n) is 10.9. The van der Waals surface area contributed by atoms with Gasteiger partial charge in [-0.1, -0.05) is 18.2 Å². The molecule has 2 amide bonds. The van der Waals surface area contributed by atoms with Gasteiger partial charge in [0.05, 0.1) is 12.0 Å². The summed E-state index contributed by atoms with van der Waals surface area (Å²) in [5.41, 5.74) is 0.847. The van der Waals surface area contributed by atoms with E-state index in [2.05, 4.69) is 10.1 Å². The number of benzene rings is 2.